The molecule has 2 aromatic carbocycles. The Kier molecular flexibility index (Phi) is 14.7. The number of hydrogen-bond donors (Lipinski definition) is 4. The number of nitriles is 1. The molecule has 6 saturated heterocycles. The molecule has 6 aliphatic heterocycles. The number of anilines is 4. The van der Waals surface area contributed by atoms with E-state index in [4.69, 9.17) is 25.0 Å². The van der Waals surface area contributed by atoms with Crippen LogP contribution >= 0.6 is 0 Å². The van der Waals surface area contributed by atoms with Crippen LogP contribution in [0.4, 0.5) is 23.0 Å². The number of hydrogen-bond acceptors (Lipinski definition) is 17. The number of pyridine rings is 1. The Bertz CT molecular complexity index is 2880. The fraction of sp³-hybridized carbons (Fsp3) is 0.526. The van der Waals surface area contributed by atoms with Crippen molar-refractivity contribution >= 4 is 34.8 Å². The maximum Gasteiger partial charge on any atom is 0.243 e. The second-order valence-corrected chi connectivity index (χ2v) is 22.3. The molecule has 7 aliphatic rings. The number of nitrogen functional groups attached to an aromatic ring is 1. The molecule has 5 aromatic rings. The highest BCUT2D eigenvalue weighted by molar-refractivity contribution is 5.91. The van der Waals surface area contributed by atoms with Gasteiger partial charge in [-0.15, -0.1) is 10.2 Å². The third-order valence-corrected chi connectivity index (χ3v) is 16.8. The number of phenols is 1. The van der Waals surface area contributed by atoms with Gasteiger partial charge < -0.3 is 59.8 Å². The van der Waals surface area contributed by atoms with E-state index in [1.165, 1.54) is 4.90 Å². The molecule has 9 heterocycles. The average Bonchev–Trinajstić information content (AvgIpc) is 4.11. The summed E-state index contributed by atoms with van der Waals surface area (Å²) in [6, 6.07) is 23.6. The van der Waals surface area contributed by atoms with Crippen LogP contribution in [0.2, 0.25) is 0 Å². The van der Waals surface area contributed by atoms with Crippen LogP contribution in [0.1, 0.15) is 101 Å². The van der Waals surface area contributed by atoms with Gasteiger partial charge in [0, 0.05) is 113 Å². The maximum atomic E-state index is 14.3. The molecule has 2 unspecified atom stereocenters. The van der Waals surface area contributed by atoms with Gasteiger partial charge in [-0.3, -0.25) is 9.59 Å². The Morgan fingerprint density at radius 2 is 1.62 bits per heavy atom. The molecule has 3 aromatic heterocycles. The summed E-state index contributed by atoms with van der Waals surface area (Å²) in [5.74, 6) is 1.58. The summed E-state index contributed by atoms with van der Waals surface area (Å²) in [6.45, 7) is 12.3. The van der Waals surface area contributed by atoms with Gasteiger partial charge in [-0.25, -0.2) is 4.98 Å². The zero-order valence-corrected chi connectivity index (χ0v) is 43.7. The van der Waals surface area contributed by atoms with E-state index in [0.717, 1.165) is 114 Å². The third-order valence-electron chi connectivity index (χ3n) is 16.8. The number of carbonyl (C=O) groups is 2. The molecule has 1 saturated carbocycles. The number of aliphatic hydroxyl groups excluding tert-OH is 1. The van der Waals surface area contributed by atoms with Crippen molar-refractivity contribution < 1.29 is 33.8 Å². The number of para-hydroxylation sites is 1. The van der Waals surface area contributed by atoms with Gasteiger partial charge in [0.2, 0.25) is 17.7 Å². The molecule has 1 aliphatic carbocycles. The van der Waals surface area contributed by atoms with E-state index in [2.05, 4.69) is 63.5 Å². The fourth-order valence-corrected chi connectivity index (χ4v) is 12.4. The molecular weight excluding hydrogens is 965 g/mol. The number of benzene rings is 2. The molecule has 5 N–H and O–H groups in total. The number of aromatic nitrogens is 4. The molecule has 2 amide bonds. The molecule has 400 valence electrons. The van der Waals surface area contributed by atoms with Gasteiger partial charge in [0.05, 0.1) is 47.4 Å². The van der Waals surface area contributed by atoms with Crippen LogP contribution in [0.3, 0.4) is 0 Å². The molecule has 19 heteroatoms. The molecule has 2 bridgehead atoms. The average molecular weight is 1040 g/mol. The first-order valence-corrected chi connectivity index (χ1v) is 27.3. The number of phenolic OH excluding ortho intramolecular Hbond substituents is 1. The highest BCUT2D eigenvalue weighted by Gasteiger charge is 2.47. The zero-order valence-electron chi connectivity index (χ0n) is 43.7. The number of aromatic hydroxyl groups is 1. The summed E-state index contributed by atoms with van der Waals surface area (Å²) >= 11 is 0. The van der Waals surface area contributed by atoms with Crippen molar-refractivity contribution in [1.82, 2.24) is 35.5 Å². The van der Waals surface area contributed by atoms with Gasteiger partial charge in [0.25, 0.3) is 0 Å². The predicted molar refractivity (Wildman–Crippen MR) is 286 cm³/mol. The third kappa shape index (κ3) is 10.8. The van der Waals surface area contributed by atoms with Crippen LogP contribution in [0, 0.1) is 23.2 Å². The van der Waals surface area contributed by atoms with Gasteiger partial charge >= 0.3 is 0 Å². The molecule has 6 atom stereocenters. The van der Waals surface area contributed by atoms with Crippen LogP contribution < -0.4 is 30.5 Å². The quantitative estimate of drug-likeness (QED) is 0.0882. The summed E-state index contributed by atoms with van der Waals surface area (Å²) in [7, 11) is 0. The highest BCUT2D eigenvalue weighted by atomic mass is 16.5. The number of nitrogens with one attached hydrogen (secondary N) is 1. The minimum absolute atomic E-state index is 0.0645. The number of piperidine rings is 3. The van der Waals surface area contributed by atoms with Gasteiger partial charge in [0.15, 0.2) is 17.4 Å². The normalized spacial score (nSPS) is 24.9. The highest BCUT2D eigenvalue weighted by Crippen LogP contribution is 2.43. The van der Waals surface area contributed by atoms with Gasteiger partial charge in [-0.1, -0.05) is 43.3 Å². The lowest BCUT2D eigenvalue weighted by molar-refractivity contribution is -0.141. The van der Waals surface area contributed by atoms with Crippen LogP contribution in [0.5, 0.6) is 11.6 Å². The number of fused-ring (bicyclic) bond motifs is 2. The van der Waals surface area contributed by atoms with E-state index in [9.17, 15) is 19.8 Å². The fourth-order valence-electron chi connectivity index (χ4n) is 12.4. The second-order valence-electron chi connectivity index (χ2n) is 22.3. The standard InChI is InChI=1S/C57H70N12O7/c1-34(2)54(57(73)68-33-42(70)24-49(68)56(72)61-35(3)38-10-8-36(29-58)9-11-38)51-28-52(64-76-51)66-20-13-37(14-21-66)30-65-18-15-43(16-19-65)74-44-25-45(26-44)75-53-23-39(12-17-60-53)67-31-40-22-41(32-67)69(40)48-27-47(62-63-55(48)59)46-6-4-5-7-50(46)71/h4-12,17,23,27-28,34-35,37,40-45,49,54,70-71H,13-16,18-22,24-26,30-33H2,1-3H3,(H2,59,63)(H,61,72)/t35-,40?,41?,42+,44?,45?,49-,54+/m0/s1. The first kappa shape index (κ1) is 51.1. The maximum absolute atomic E-state index is 14.3. The summed E-state index contributed by atoms with van der Waals surface area (Å²) in [4.78, 5) is 43.5. The van der Waals surface area contributed by atoms with Crippen molar-refractivity contribution in [3.63, 3.8) is 0 Å². The number of aliphatic hydroxyl groups is 1. The number of likely N-dealkylation sites (tertiary alicyclic amines) is 2. The lowest BCUT2D eigenvalue weighted by Gasteiger charge is -2.58. The molecule has 0 radical (unpaired) electrons. The first-order valence-electron chi connectivity index (χ1n) is 27.3. The van der Waals surface area contributed by atoms with E-state index in [-0.39, 0.29) is 72.9 Å². The largest absolute Gasteiger partial charge is 0.507 e. The minimum Gasteiger partial charge on any atom is -0.507 e. The number of carbonyl (C=O) groups excluding carboxylic acids is 2. The predicted octanol–water partition coefficient (Wildman–Crippen LogP) is 6.04. The van der Waals surface area contributed by atoms with E-state index in [1.807, 2.05) is 51.2 Å². The molecule has 19 nitrogen and oxygen atoms in total. The lowest BCUT2D eigenvalue weighted by Crippen LogP contribution is -2.69. The summed E-state index contributed by atoms with van der Waals surface area (Å²) in [5.41, 5.74) is 10.9. The Morgan fingerprint density at radius 1 is 0.868 bits per heavy atom. The van der Waals surface area contributed by atoms with E-state index in [1.54, 1.807) is 36.4 Å². The topological polar surface area (TPSA) is 236 Å². The van der Waals surface area contributed by atoms with Gasteiger partial charge in [0.1, 0.15) is 23.8 Å². The number of nitrogens with two attached hydrogens (primary N) is 1. The van der Waals surface area contributed by atoms with Crippen LogP contribution in [0.15, 0.2) is 83.5 Å². The van der Waals surface area contributed by atoms with Crippen molar-refractivity contribution in [2.24, 2.45) is 11.8 Å². The number of amides is 2. The SMILES string of the molecule is CC(C)[C@@H](C(=O)N1C[C@H](O)C[C@H]1C(=O)N[C@@H](C)c1ccc(C#N)cc1)c1cc(N2CCC(CN3CCC(OC4CC(Oc5cc(N6CC7CC(C6)N7c6cc(-c7ccccc7O)nnc6N)ccn5)C4)CC3)CC2)no1. The summed E-state index contributed by atoms with van der Waals surface area (Å²) < 4.78 is 18.9. The van der Waals surface area contributed by atoms with Crippen LogP contribution in [0.25, 0.3) is 11.3 Å². The number of nitrogens with zero attached hydrogens (tertiary/aromatic N) is 10. The lowest BCUT2D eigenvalue weighted by atomic mass is 9.86. The Morgan fingerprint density at radius 3 is 2.34 bits per heavy atom. The number of ether oxygens (including phenoxy) is 2. The van der Waals surface area contributed by atoms with Crippen LogP contribution in [-0.2, 0) is 14.3 Å². The van der Waals surface area contributed by atoms with Crippen molar-refractivity contribution in [1.29, 1.82) is 5.26 Å². The molecule has 12 rings (SSSR count). The van der Waals surface area contributed by atoms with Gasteiger partial charge in [-0.05, 0) is 92.8 Å². The van der Waals surface area contributed by atoms with Crippen molar-refractivity contribution in [3.8, 4) is 29.0 Å². The molecule has 7 fully saturated rings. The minimum atomic E-state index is -0.824. The number of rotatable bonds is 16. The summed E-state index contributed by atoms with van der Waals surface area (Å²) in [5, 5.41) is 46.3. The van der Waals surface area contributed by atoms with E-state index in [0.29, 0.717) is 40.2 Å². The van der Waals surface area contributed by atoms with E-state index >= 15 is 0 Å². The van der Waals surface area contributed by atoms with Crippen molar-refractivity contribution in [2.75, 3.05) is 72.8 Å². The molecular formula is C57H70N12O7. The second kappa shape index (κ2) is 21.9. The molecule has 76 heavy (non-hydrogen) atoms. The summed E-state index contributed by atoms with van der Waals surface area (Å²) in [6.07, 6.45) is 8.65. The van der Waals surface area contributed by atoms with E-state index < -0.39 is 18.1 Å². The van der Waals surface area contributed by atoms with Crippen molar-refractivity contribution in [2.45, 2.75) is 127 Å². The van der Waals surface area contributed by atoms with Gasteiger partial charge in [-0.2, -0.15) is 5.26 Å². The smallest absolute Gasteiger partial charge is 0.243 e. The monoisotopic (exact) mass is 1030 g/mol. The Hall–Kier alpha value is -7.01. The zero-order chi connectivity index (χ0) is 52.6. The number of β-amino-alcohol motifs (C(OH)–C–C–N with tert-alkyl or cyclic N) is 1. The van der Waals surface area contributed by atoms with Crippen molar-refractivity contribution in [3.05, 3.63) is 95.9 Å². The molecule has 0 spiro atoms. The van der Waals surface area contributed by atoms with Crippen LogP contribution in [-0.4, -0.2) is 147 Å². The number of piperazine rings is 1. The Balaban J connectivity index is 0.594. The Labute approximate surface area is 443 Å². The first-order chi connectivity index (χ1) is 36.8.